The molecule has 22 heavy (non-hydrogen) atoms. The van der Waals surface area contributed by atoms with Gasteiger partial charge in [0.25, 0.3) is 5.91 Å². The molecule has 0 aliphatic rings. The number of aromatic hydroxyl groups is 1. The number of aromatic nitrogens is 1. The average Bonchev–Trinajstić information content (AvgIpc) is 2.53. The number of rotatable bonds is 6. The molecule has 0 fully saturated rings. The van der Waals surface area contributed by atoms with Crippen LogP contribution in [-0.2, 0) is 17.8 Å². The topological polar surface area (TPSA) is 82.5 Å². The van der Waals surface area contributed by atoms with E-state index in [9.17, 15) is 15.0 Å². The van der Waals surface area contributed by atoms with Gasteiger partial charge < -0.3 is 15.5 Å². The second-order valence-electron chi connectivity index (χ2n) is 5.41. The molecule has 0 aliphatic carbocycles. The second-order valence-corrected chi connectivity index (χ2v) is 5.41. The Kier molecular flexibility index (Phi) is 5.12. The second kappa shape index (κ2) is 7.04. The van der Waals surface area contributed by atoms with Crippen molar-refractivity contribution in [3.8, 4) is 5.75 Å². The van der Waals surface area contributed by atoms with E-state index in [1.165, 1.54) is 19.2 Å². The molecule has 116 valence electrons. The Labute approximate surface area is 129 Å². The standard InChI is InChI=1S/C17H20N2O3/c1-17(22,10-9-13-6-3-2-4-7-13)16(21)19-12-14-15(20)8-5-11-18-14/h2-8,11,20,22H,9-10,12H2,1H3,(H,19,21)/t17-/m0/s1. The first kappa shape index (κ1) is 16.0. The summed E-state index contributed by atoms with van der Waals surface area (Å²) in [5, 5.41) is 22.5. The normalized spacial score (nSPS) is 13.4. The van der Waals surface area contributed by atoms with Crippen molar-refractivity contribution < 1.29 is 15.0 Å². The fourth-order valence-electron chi connectivity index (χ4n) is 2.07. The number of amides is 1. The van der Waals surface area contributed by atoms with E-state index in [0.717, 1.165) is 5.56 Å². The molecule has 0 unspecified atom stereocenters. The summed E-state index contributed by atoms with van der Waals surface area (Å²) in [6.07, 6.45) is 2.46. The van der Waals surface area contributed by atoms with Gasteiger partial charge in [-0.15, -0.1) is 0 Å². The van der Waals surface area contributed by atoms with E-state index in [1.807, 2.05) is 30.3 Å². The average molecular weight is 300 g/mol. The van der Waals surface area contributed by atoms with E-state index >= 15 is 0 Å². The van der Waals surface area contributed by atoms with E-state index in [1.54, 1.807) is 6.07 Å². The summed E-state index contributed by atoms with van der Waals surface area (Å²) in [4.78, 5) is 16.1. The summed E-state index contributed by atoms with van der Waals surface area (Å²) in [6.45, 7) is 1.57. The molecule has 1 amide bonds. The first-order valence-electron chi connectivity index (χ1n) is 7.16. The molecule has 1 heterocycles. The number of carbonyl (C=O) groups is 1. The van der Waals surface area contributed by atoms with E-state index in [4.69, 9.17) is 0 Å². The van der Waals surface area contributed by atoms with Gasteiger partial charge in [0.2, 0.25) is 0 Å². The Morgan fingerprint density at radius 1 is 1.23 bits per heavy atom. The molecule has 5 nitrogen and oxygen atoms in total. The molecule has 1 atom stereocenters. The third-order valence-corrected chi connectivity index (χ3v) is 3.52. The Morgan fingerprint density at radius 2 is 1.95 bits per heavy atom. The minimum absolute atomic E-state index is 0.0201. The Hall–Kier alpha value is -2.40. The Morgan fingerprint density at radius 3 is 2.64 bits per heavy atom. The quantitative estimate of drug-likeness (QED) is 0.759. The zero-order valence-electron chi connectivity index (χ0n) is 12.5. The summed E-state index contributed by atoms with van der Waals surface area (Å²) < 4.78 is 0. The van der Waals surface area contributed by atoms with Crippen LogP contribution in [0.4, 0.5) is 0 Å². The van der Waals surface area contributed by atoms with Crippen LogP contribution in [0.3, 0.4) is 0 Å². The van der Waals surface area contributed by atoms with Crippen LogP contribution in [0, 0.1) is 0 Å². The number of pyridine rings is 1. The minimum atomic E-state index is -1.47. The van der Waals surface area contributed by atoms with Gasteiger partial charge in [0.05, 0.1) is 6.54 Å². The predicted molar refractivity (Wildman–Crippen MR) is 83.1 cm³/mol. The van der Waals surface area contributed by atoms with Crippen molar-refractivity contribution in [1.29, 1.82) is 0 Å². The lowest BCUT2D eigenvalue weighted by Crippen LogP contribution is -2.44. The molecular weight excluding hydrogens is 280 g/mol. The highest BCUT2D eigenvalue weighted by atomic mass is 16.3. The van der Waals surface area contributed by atoms with Crippen molar-refractivity contribution in [2.75, 3.05) is 0 Å². The van der Waals surface area contributed by atoms with E-state index < -0.39 is 11.5 Å². The predicted octanol–water partition coefficient (Wildman–Crippen LogP) is 1.79. The highest BCUT2D eigenvalue weighted by Gasteiger charge is 2.29. The molecule has 2 aromatic rings. The van der Waals surface area contributed by atoms with Gasteiger partial charge in [-0.05, 0) is 37.5 Å². The van der Waals surface area contributed by atoms with Gasteiger partial charge in [-0.25, -0.2) is 0 Å². The summed E-state index contributed by atoms with van der Waals surface area (Å²) in [6, 6.07) is 12.8. The number of benzene rings is 1. The number of aryl methyl sites for hydroxylation is 1. The Bertz CT molecular complexity index is 627. The molecule has 0 saturated heterocycles. The molecule has 1 aromatic carbocycles. The van der Waals surface area contributed by atoms with E-state index in [0.29, 0.717) is 18.5 Å². The zero-order chi connectivity index (χ0) is 16.0. The molecular formula is C17H20N2O3. The Balaban J connectivity index is 1.89. The molecule has 0 spiro atoms. The minimum Gasteiger partial charge on any atom is -0.506 e. The highest BCUT2D eigenvalue weighted by molar-refractivity contribution is 5.84. The summed E-state index contributed by atoms with van der Waals surface area (Å²) >= 11 is 0. The molecule has 1 aromatic heterocycles. The van der Waals surface area contributed by atoms with Gasteiger partial charge in [0.15, 0.2) is 0 Å². The number of nitrogens with zero attached hydrogens (tertiary/aromatic N) is 1. The molecule has 3 N–H and O–H groups in total. The van der Waals surface area contributed by atoms with Gasteiger partial charge in [-0.2, -0.15) is 0 Å². The lowest BCUT2D eigenvalue weighted by molar-refractivity contribution is -0.138. The van der Waals surface area contributed by atoms with Crippen LogP contribution in [0.15, 0.2) is 48.7 Å². The zero-order valence-corrected chi connectivity index (χ0v) is 12.5. The van der Waals surface area contributed by atoms with Gasteiger partial charge in [0, 0.05) is 6.20 Å². The first-order chi connectivity index (χ1) is 10.5. The van der Waals surface area contributed by atoms with Crippen molar-refractivity contribution in [3.05, 3.63) is 59.9 Å². The SMILES string of the molecule is C[C@](O)(CCc1ccccc1)C(=O)NCc1ncccc1O. The van der Waals surface area contributed by atoms with Crippen molar-refractivity contribution in [2.45, 2.75) is 31.9 Å². The van der Waals surface area contributed by atoms with Crippen molar-refractivity contribution in [1.82, 2.24) is 10.3 Å². The van der Waals surface area contributed by atoms with Gasteiger partial charge in [0.1, 0.15) is 17.0 Å². The molecule has 0 radical (unpaired) electrons. The monoisotopic (exact) mass is 300 g/mol. The maximum absolute atomic E-state index is 12.1. The van der Waals surface area contributed by atoms with E-state index in [-0.39, 0.29) is 12.3 Å². The molecule has 0 saturated carbocycles. The van der Waals surface area contributed by atoms with Crippen molar-refractivity contribution in [2.24, 2.45) is 0 Å². The number of hydrogen-bond donors (Lipinski definition) is 3. The summed E-state index contributed by atoms with van der Waals surface area (Å²) in [5.41, 5.74) is -0.0343. The molecule has 2 rings (SSSR count). The number of hydrogen-bond acceptors (Lipinski definition) is 4. The fourth-order valence-corrected chi connectivity index (χ4v) is 2.07. The van der Waals surface area contributed by atoms with Crippen LogP contribution in [0.25, 0.3) is 0 Å². The first-order valence-corrected chi connectivity index (χ1v) is 7.16. The largest absolute Gasteiger partial charge is 0.506 e. The van der Waals surface area contributed by atoms with Gasteiger partial charge >= 0.3 is 0 Å². The molecule has 0 aliphatic heterocycles. The molecule has 5 heteroatoms. The van der Waals surface area contributed by atoms with Gasteiger partial charge in [-0.3, -0.25) is 9.78 Å². The third kappa shape index (κ3) is 4.30. The molecule has 0 bridgehead atoms. The van der Waals surface area contributed by atoms with Crippen LogP contribution in [0.2, 0.25) is 0 Å². The van der Waals surface area contributed by atoms with Crippen LogP contribution in [0.1, 0.15) is 24.6 Å². The highest BCUT2D eigenvalue weighted by Crippen LogP contribution is 2.16. The smallest absolute Gasteiger partial charge is 0.252 e. The van der Waals surface area contributed by atoms with Gasteiger partial charge in [-0.1, -0.05) is 30.3 Å². The lowest BCUT2D eigenvalue weighted by atomic mass is 9.96. The summed E-state index contributed by atoms with van der Waals surface area (Å²) in [5.74, 6) is -0.458. The van der Waals surface area contributed by atoms with Crippen molar-refractivity contribution >= 4 is 5.91 Å². The summed E-state index contributed by atoms with van der Waals surface area (Å²) in [7, 11) is 0. The number of aliphatic hydroxyl groups is 1. The number of nitrogens with one attached hydrogen (secondary N) is 1. The van der Waals surface area contributed by atoms with Crippen molar-refractivity contribution in [3.63, 3.8) is 0 Å². The van der Waals surface area contributed by atoms with Crippen LogP contribution < -0.4 is 5.32 Å². The maximum Gasteiger partial charge on any atom is 0.252 e. The number of carbonyl (C=O) groups excluding carboxylic acids is 1. The van der Waals surface area contributed by atoms with Crippen LogP contribution in [-0.4, -0.2) is 26.7 Å². The van der Waals surface area contributed by atoms with Crippen LogP contribution in [0.5, 0.6) is 5.75 Å². The fraction of sp³-hybridized carbons (Fsp3) is 0.294. The van der Waals surface area contributed by atoms with Crippen LogP contribution >= 0.6 is 0 Å². The third-order valence-electron chi connectivity index (χ3n) is 3.52. The van der Waals surface area contributed by atoms with E-state index in [2.05, 4.69) is 10.3 Å². The maximum atomic E-state index is 12.1. The lowest BCUT2D eigenvalue weighted by Gasteiger charge is -2.22.